The number of aryl methyl sites for hydroxylation is 1. The summed E-state index contributed by atoms with van der Waals surface area (Å²) in [6.45, 7) is 6.62. The number of rotatable bonds is 7. The predicted octanol–water partition coefficient (Wildman–Crippen LogP) is 3.46. The Bertz CT molecular complexity index is 723. The molecule has 0 saturated carbocycles. The number of hydrogen-bond acceptors (Lipinski definition) is 3. The van der Waals surface area contributed by atoms with Gasteiger partial charge >= 0.3 is 0 Å². The third-order valence-electron chi connectivity index (χ3n) is 5.39. The minimum atomic E-state index is 0.154. The molecule has 1 saturated heterocycles. The van der Waals surface area contributed by atoms with Crippen molar-refractivity contribution in [2.24, 2.45) is 5.92 Å². The van der Waals surface area contributed by atoms with Crippen molar-refractivity contribution < 1.29 is 4.79 Å². The van der Waals surface area contributed by atoms with Crippen molar-refractivity contribution in [1.29, 1.82) is 0 Å². The van der Waals surface area contributed by atoms with E-state index in [0.29, 0.717) is 6.54 Å². The standard InChI is InChI=1S/C23H31N3O/c1-19-7-6-8-20(17-19)18-26-14-11-21(12-15-26)23(27)24-13-16-25(2)22-9-4-3-5-10-22/h3-10,17,21H,11-16,18H2,1-2H3,(H,24,27). The maximum atomic E-state index is 12.5. The molecule has 0 bridgehead atoms. The Morgan fingerprint density at radius 3 is 2.56 bits per heavy atom. The summed E-state index contributed by atoms with van der Waals surface area (Å²) < 4.78 is 0. The van der Waals surface area contributed by atoms with E-state index >= 15 is 0 Å². The fourth-order valence-corrected chi connectivity index (χ4v) is 3.72. The number of hydrogen-bond donors (Lipinski definition) is 1. The Balaban J connectivity index is 1.37. The van der Waals surface area contributed by atoms with Gasteiger partial charge in [0.15, 0.2) is 0 Å². The summed E-state index contributed by atoms with van der Waals surface area (Å²) in [6, 6.07) is 19.0. The molecule has 1 N–H and O–H groups in total. The summed E-state index contributed by atoms with van der Waals surface area (Å²) in [5.74, 6) is 0.368. The number of likely N-dealkylation sites (N-methyl/N-ethyl adjacent to an activating group) is 1. The van der Waals surface area contributed by atoms with Crippen molar-refractivity contribution in [3.05, 3.63) is 65.7 Å². The Labute approximate surface area is 163 Å². The normalized spacial score (nSPS) is 15.5. The molecule has 0 unspecified atom stereocenters. The van der Waals surface area contributed by atoms with Crippen molar-refractivity contribution in [3.8, 4) is 0 Å². The molecule has 144 valence electrons. The summed E-state index contributed by atoms with van der Waals surface area (Å²) in [6.07, 6.45) is 1.90. The molecule has 1 amide bonds. The third-order valence-corrected chi connectivity index (χ3v) is 5.39. The van der Waals surface area contributed by atoms with Crippen molar-refractivity contribution in [3.63, 3.8) is 0 Å². The Kier molecular flexibility index (Phi) is 6.88. The molecule has 0 radical (unpaired) electrons. The summed E-state index contributed by atoms with van der Waals surface area (Å²) in [5, 5.41) is 3.13. The molecule has 1 heterocycles. The van der Waals surface area contributed by atoms with Crippen molar-refractivity contribution in [1.82, 2.24) is 10.2 Å². The first-order valence-corrected chi connectivity index (χ1v) is 9.93. The number of nitrogens with zero attached hydrogens (tertiary/aromatic N) is 2. The molecular formula is C23H31N3O. The van der Waals surface area contributed by atoms with Crippen LogP contribution in [-0.2, 0) is 11.3 Å². The highest BCUT2D eigenvalue weighted by molar-refractivity contribution is 5.78. The van der Waals surface area contributed by atoms with Crippen LogP contribution in [0.4, 0.5) is 5.69 Å². The molecule has 27 heavy (non-hydrogen) atoms. The number of nitrogens with one attached hydrogen (secondary N) is 1. The molecule has 1 aliphatic rings. The first-order valence-electron chi connectivity index (χ1n) is 9.93. The van der Waals surface area contributed by atoms with E-state index in [0.717, 1.165) is 39.0 Å². The molecule has 0 aromatic heterocycles. The van der Waals surface area contributed by atoms with Crippen molar-refractivity contribution in [2.75, 3.05) is 38.1 Å². The van der Waals surface area contributed by atoms with E-state index in [4.69, 9.17) is 0 Å². The highest BCUT2D eigenvalue weighted by atomic mass is 16.1. The van der Waals surface area contributed by atoms with Gasteiger partial charge in [0.1, 0.15) is 0 Å². The van der Waals surface area contributed by atoms with Crippen molar-refractivity contribution in [2.45, 2.75) is 26.3 Å². The average molecular weight is 366 g/mol. The van der Waals surface area contributed by atoms with Crippen LogP contribution in [0.25, 0.3) is 0 Å². The highest BCUT2D eigenvalue weighted by Gasteiger charge is 2.24. The maximum absolute atomic E-state index is 12.5. The molecule has 1 aliphatic heterocycles. The van der Waals surface area contributed by atoms with Gasteiger partial charge in [0.25, 0.3) is 0 Å². The number of carbonyl (C=O) groups excluding carboxylic acids is 1. The molecule has 2 aromatic rings. The van der Waals surface area contributed by atoms with Crippen LogP contribution in [0.2, 0.25) is 0 Å². The van der Waals surface area contributed by atoms with E-state index in [1.807, 2.05) is 18.2 Å². The van der Waals surface area contributed by atoms with Crippen LogP contribution >= 0.6 is 0 Å². The van der Waals surface area contributed by atoms with E-state index < -0.39 is 0 Å². The topological polar surface area (TPSA) is 35.6 Å². The molecule has 4 heteroatoms. The quantitative estimate of drug-likeness (QED) is 0.816. The van der Waals surface area contributed by atoms with E-state index in [9.17, 15) is 4.79 Å². The van der Waals surface area contributed by atoms with Gasteiger partial charge in [-0.25, -0.2) is 0 Å². The summed E-state index contributed by atoms with van der Waals surface area (Å²) in [7, 11) is 2.06. The molecular weight excluding hydrogens is 334 g/mol. The number of para-hydroxylation sites is 1. The van der Waals surface area contributed by atoms with Gasteiger partial charge in [-0.1, -0.05) is 48.0 Å². The van der Waals surface area contributed by atoms with E-state index in [-0.39, 0.29) is 11.8 Å². The highest BCUT2D eigenvalue weighted by Crippen LogP contribution is 2.19. The largest absolute Gasteiger partial charge is 0.373 e. The van der Waals surface area contributed by atoms with Crippen LogP contribution in [0.3, 0.4) is 0 Å². The maximum Gasteiger partial charge on any atom is 0.223 e. The predicted molar refractivity (Wildman–Crippen MR) is 112 cm³/mol. The lowest BCUT2D eigenvalue weighted by molar-refractivity contribution is -0.126. The second-order valence-electron chi connectivity index (χ2n) is 7.59. The van der Waals surface area contributed by atoms with Crippen LogP contribution in [-0.4, -0.2) is 44.0 Å². The number of benzene rings is 2. The molecule has 4 nitrogen and oxygen atoms in total. The fourth-order valence-electron chi connectivity index (χ4n) is 3.72. The van der Waals surface area contributed by atoms with Gasteiger partial charge in [-0.2, -0.15) is 0 Å². The summed E-state index contributed by atoms with van der Waals surface area (Å²) in [4.78, 5) is 17.1. The van der Waals surface area contributed by atoms with Gasteiger partial charge in [0, 0.05) is 38.3 Å². The Morgan fingerprint density at radius 1 is 1.11 bits per heavy atom. The number of likely N-dealkylation sites (tertiary alicyclic amines) is 1. The number of amides is 1. The van der Waals surface area contributed by atoms with Gasteiger partial charge in [-0.05, 0) is 50.6 Å². The van der Waals surface area contributed by atoms with Gasteiger partial charge in [0.2, 0.25) is 5.91 Å². The second-order valence-corrected chi connectivity index (χ2v) is 7.59. The number of anilines is 1. The zero-order chi connectivity index (χ0) is 19.1. The van der Waals surface area contributed by atoms with Crippen LogP contribution in [0.5, 0.6) is 0 Å². The summed E-state index contributed by atoms with van der Waals surface area (Å²) in [5.41, 5.74) is 3.85. The van der Waals surface area contributed by atoms with Crippen LogP contribution in [0.1, 0.15) is 24.0 Å². The van der Waals surface area contributed by atoms with Crippen LogP contribution < -0.4 is 10.2 Å². The lowest BCUT2D eigenvalue weighted by Crippen LogP contribution is -2.42. The minimum Gasteiger partial charge on any atom is -0.373 e. The average Bonchev–Trinajstić information content (AvgIpc) is 2.69. The molecule has 3 rings (SSSR count). The lowest BCUT2D eigenvalue weighted by Gasteiger charge is -2.31. The van der Waals surface area contributed by atoms with Gasteiger partial charge in [-0.15, -0.1) is 0 Å². The smallest absolute Gasteiger partial charge is 0.223 e. The Hall–Kier alpha value is -2.33. The first-order chi connectivity index (χ1) is 13.1. The van der Waals surface area contributed by atoms with Crippen LogP contribution in [0.15, 0.2) is 54.6 Å². The zero-order valence-electron chi connectivity index (χ0n) is 16.5. The molecule has 0 atom stereocenters. The monoisotopic (exact) mass is 365 g/mol. The summed E-state index contributed by atoms with van der Waals surface area (Å²) >= 11 is 0. The third kappa shape index (κ3) is 5.83. The van der Waals surface area contributed by atoms with Crippen molar-refractivity contribution >= 4 is 11.6 Å². The fraction of sp³-hybridized carbons (Fsp3) is 0.435. The zero-order valence-corrected chi connectivity index (χ0v) is 16.5. The molecule has 2 aromatic carbocycles. The van der Waals surface area contributed by atoms with Gasteiger partial charge < -0.3 is 10.2 Å². The second kappa shape index (κ2) is 9.56. The SMILES string of the molecule is Cc1cccc(CN2CCC(C(=O)NCCN(C)c3ccccc3)CC2)c1. The number of carbonyl (C=O) groups is 1. The number of piperidine rings is 1. The molecule has 0 spiro atoms. The van der Waals surface area contributed by atoms with E-state index in [1.165, 1.54) is 16.8 Å². The first kappa shape index (κ1) is 19.4. The van der Waals surface area contributed by atoms with Crippen LogP contribution in [0, 0.1) is 12.8 Å². The minimum absolute atomic E-state index is 0.154. The van der Waals surface area contributed by atoms with Gasteiger partial charge in [0.05, 0.1) is 0 Å². The lowest BCUT2D eigenvalue weighted by atomic mass is 9.95. The van der Waals surface area contributed by atoms with Gasteiger partial charge in [-0.3, -0.25) is 9.69 Å². The Morgan fingerprint density at radius 2 is 1.85 bits per heavy atom. The molecule has 0 aliphatic carbocycles. The van der Waals surface area contributed by atoms with E-state index in [1.54, 1.807) is 0 Å². The van der Waals surface area contributed by atoms with E-state index in [2.05, 4.69) is 65.5 Å². The molecule has 1 fully saturated rings.